The van der Waals surface area contributed by atoms with Gasteiger partial charge in [-0.15, -0.1) is 11.3 Å². The van der Waals surface area contributed by atoms with E-state index in [1.165, 1.54) is 11.3 Å². The lowest BCUT2D eigenvalue weighted by Crippen LogP contribution is -2.28. The summed E-state index contributed by atoms with van der Waals surface area (Å²) in [7, 11) is 0. The van der Waals surface area contributed by atoms with Crippen LogP contribution in [0.2, 0.25) is 0 Å². The van der Waals surface area contributed by atoms with Gasteiger partial charge in [0.25, 0.3) is 0 Å². The van der Waals surface area contributed by atoms with E-state index < -0.39 is 0 Å². The topological polar surface area (TPSA) is 72.5 Å². The van der Waals surface area contributed by atoms with Crippen molar-refractivity contribution >= 4 is 22.5 Å². The largest absolute Gasteiger partial charge is 0.486 e. The Hall–Kier alpha value is -3.06. The third kappa shape index (κ3) is 3.78. The van der Waals surface area contributed by atoms with E-state index in [2.05, 4.69) is 15.6 Å². The number of nitrogens with zero attached hydrogens (tertiary/aromatic N) is 1. The second-order valence-electron chi connectivity index (χ2n) is 5.69. The van der Waals surface area contributed by atoms with Crippen LogP contribution in [-0.2, 0) is 6.54 Å². The van der Waals surface area contributed by atoms with Crippen LogP contribution in [0.3, 0.4) is 0 Å². The summed E-state index contributed by atoms with van der Waals surface area (Å²) in [5.74, 6) is 1.46. The smallest absolute Gasteiger partial charge is 0.321 e. The number of benzene rings is 2. The van der Waals surface area contributed by atoms with Gasteiger partial charge in [0.2, 0.25) is 0 Å². The number of nitrogens with one attached hydrogen (secondary N) is 2. The molecule has 0 saturated heterocycles. The second-order valence-corrected chi connectivity index (χ2v) is 6.55. The molecule has 2 amide bonds. The number of urea groups is 1. The Morgan fingerprint density at radius 1 is 1.08 bits per heavy atom. The Bertz CT molecular complexity index is 911. The minimum Gasteiger partial charge on any atom is -0.486 e. The molecule has 7 heteroatoms. The summed E-state index contributed by atoms with van der Waals surface area (Å²) in [5, 5.41) is 8.03. The Balaban J connectivity index is 1.39. The number of amides is 2. The molecule has 26 heavy (non-hydrogen) atoms. The average Bonchev–Trinajstić information content (AvgIpc) is 3.15. The first-order valence-corrected chi connectivity index (χ1v) is 9.10. The molecular formula is C19H17N3O3S. The molecule has 1 aromatic heterocycles. The molecular weight excluding hydrogens is 350 g/mol. The van der Waals surface area contributed by atoms with Crippen molar-refractivity contribution in [3.05, 3.63) is 59.5 Å². The van der Waals surface area contributed by atoms with Gasteiger partial charge >= 0.3 is 6.03 Å². The van der Waals surface area contributed by atoms with Gasteiger partial charge in [0.15, 0.2) is 16.6 Å². The lowest BCUT2D eigenvalue weighted by molar-refractivity contribution is 0.171. The zero-order valence-corrected chi connectivity index (χ0v) is 14.7. The molecule has 1 aliphatic rings. The first kappa shape index (κ1) is 16.4. The van der Waals surface area contributed by atoms with Crippen LogP contribution in [0.15, 0.2) is 53.9 Å². The van der Waals surface area contributed by atoms with Gasteiger partial charge in [-0.3, -0.25) is 5.32 Å². The maximum absolute atomic E-state index is 12.0. The van der Waals surface area contributed by atoms with E-state index in [4.69, 9.17) is 9.47 Å². The molecule has 0 spiro atoms. The van der Waals surface area contributed by atoms with Gasteiger partial charge in [-0.05, 0) is 23.8 Å². The standard InChI is InChI=1S/C19H17N3O3S/c23-18(20-11-13-4-2-1-3-5-13)22-19-21-15(12-26-19)14-6-7-16-17(10-14)25-9-8-24-16/h1-7,10,12H,8-9,11H2,(H2,20,21,22,23). The van der Waals surface area contributed by atoms with Crippen molar-refractivity contribution in [1.82, 2.24) is 10.3 Å². The van der Waals surface area contributed by atoms with Crippen LogP contribution >= 0.6 is 11.3 Å². The van der Waals surface area contributed by atoms with Gasteiger partial charge in [-0.1, -0.05) is 30.3 Å². The van der Waals surface area contributed by atoms with Gasteiger partial charge in [0, 0.05) is 17.5 Å². The fourth-order valence-electron chi connectivity index (χ4n) is 2.59. The van der Waals surface area contributed by atoms with Crippen molar-refractivity contribution in [3.8, 4) is 22.8 Å². The van der Waals surface area contributed by atoms with Crippen molar-refractivity contribution in [1.29, 1.82) is 0 Å². The highest BCUT2D eigenvalue weighted by Gasteiger charge is 2.14. The quantitative estimate of drug-likeness (QED) is 0.733. The van der Waals surface area contributed by atoms with E-state index in [1.807, 2.05) is 53.9 Å². The summed E-state index contributed by atoms with van der Waals surface area (Å²) in [6.07, 6.45) is 0. The van der Waals surface area contributed by atoms with Crippen LogP contribution < -0.4 is 20.1 Å². The summed E-state index contributed by atoms with van der Waals surface area (Å²) < 4.78 is 11.1. The SMILES string of the molecule is O=C(NCc1ccccc1)Nc1nc(-c2ccc3c(c2)OCCO3)cs1. The number of anilines is 1. The van der Waals surface area contributed by atoms with Crippen molar-refractivity contribution in [2.45, 2.75) is 6.54 Å². The van der Waals surface area contributed by atoms with Gasteiger partial charge < -0.3 is 14.8 Å². The molecule has 6 nitrogen and oxygen atoms in total. The molecule has 2 aromatic carbocycles. The Kier molecular flexibility index (Phi) is 4.70. The number of thiazole rings is 1. The molecule has 2 N–H and O–H groups in total. The highest BCUT2D eigenvalue weighted by Crippen LogP contribution is 2.35. The van der Waals surface area contributed by atoms with Crippen molar-refractivity contribution < 1.29 is 14.3 Å². The van der Waals surface area contributed by atoms with Crippen LogP contribution in [-0.4, -0.2) is 24.2 Å². The summed E-state index contributed by atoms with van der Waals surface area (Å²) in [4.78, 5) is 16.5. The van der Waals surface area contributed by atoms with Crippen LogP contribution in [0.25, 0.3) is 11.3 Å². The molecule has 0 bridgehead atoms. The normalized spacial score (nSPS) is 12.5. The van der Waals surface area contributed by atoms with E-state index >= 15 is 0 Å². The Morgan fingerprint density at radius 2 is 1.88 bits per heavy atom. The number of carbonyl (C=O) groups excluding carboxylic acids is 1. The van der Waals surface area contributed by atoms with Gasteiger partial charge in [-0.2, -0.15) is 0 Å². The van der Waals surface area contributed by atoms with E-state index in [1.54, 1.807) is 0 Å². The fraction of sp³-hybridized carbons (Fsp3) is 0.158. The summed E-state index contributed by atoms with van der Waals surface area (Å²) in [6, 6.07) is 15.2. The van der Waals surface area contributed by atoms with E-state index in [0.29, 0.717) is 24.9 Å². The lowest BCUT2D eigenvalue weighted by atomic mass is 10.1. The van der Waals surface area contributed by atoms with Crippen LogP contribution in [0.5, 0.6) is 11.5 Å². The van der Waals surface area contributed by atoms with Crippen LogP contribution in [0, 0.1) is 0 Å². The number of fused-ring (bicyclic) bond motifs is 1. The molecule has 0 radical (unpaired) electrons. The van der Waals surface area contributed by atoms with Crippen molar-refractivity contribution in [3.63, 3.8) is 0 Å². The second kappa shape index (κ2) is 7.45. The highest BCUT2D eigenvalue weighted by atomic mass is 32.1. The fourth-order valence-corrected chi connectivity index (χ4v) is 3.30. The third-order valence-electron chi connectivity index (χ3n) is 3.86. The van der Waals surface area contributed by atoms with Crippen molar-refractivity contribution in [2.75, 3.05) is 18.5 Å². The predicted octanol–water partition coefficient (Wildman–Crippen LogP) is 3.90. The molecule has 132 valence electrons. The zero-order chi connectivity index (χ0) is 17.8. The first-order chi connectivity index (χ1) is 12.8. The van der Waals surface area contributed by atoms with Gasteiger partial charge in [0.1, 0.15) is 13.2 Å². The van der Waals surface area contributed by atoms with E-state index in [0.717, 1.165) is 28.3 Å². The molecule has 0 saturated carbocycles. The summed E-state index contributed by atoms with van der Waals surface area (Å²) >= 11 is 1.38. The maximum Gasteiger partial charge on any atom is 0.321 e. The minimum atomic E-state index is -0.281. The van der Waals surface area contributed by atoms with E-state index in [-0.39, 0.29) is 6.03 Å². The summed E-state index contributed by atoms with van der Waals surface area (Å²) in [6.45, 7) is 1.57. The highest BCUT2D eigenvalue weighted by molar-refractivity contribution is 7.14. The zero-order valence-electron chi connectivity index (χ0n) is 13.9. The van der Waals surface area contributed by atoms with Gasteiger partial charge in [0.05, 0.1) is 5.69 Å². The lowest BCUT2D eigenvalue weighted by Gasteiger charge is -2.18. The molecule has 2 heterocycles. The molecule has 0 unspecified atom stereocenters. The van der Waals surface area contributed by atoms with Crippen LogP contribution in [0.1, 0.15) is 5.56 Å². The van der Waals surface area contributed by atoms with Gasteiger partial charge in [-0.25, -0.2) is 9.78 Å². The molecule has 0 atom stereocenters. The average molecular weight is 367 g/mol. The van der Waals surface area contributed by atoms with Crippen LogP contribution in [0.4, 0.5) is 9.93 Å². The van der Waals surface area contributed by atoms with E-state index in [9.17, 15) is 4.79 Å². The first-order valence-electron chi connectivity index (χ1n) is 8.22. The molecule has 3 aromatic rings. The molecule has 1 aliphatic heterocycles. The molecule has 4 rings (SSSR count). The maximum atomic E-state index is 12.0. The number of aromatic nitrogens is 1. The van der Waals surface area contributed by atoms with Crippen molar-refractivity contribution in [2.24, 2.45) is 0 Å². The number of hydrogen-bond donors (Lipinski definition) is 2. The number of carbonyl (C=O) groups is 1. The number of ether oxygens (including phenoxy) is 2. The third-order valence-corrected chi connectivity index (χ3v) is 4.62. The monoisotopic (exact) mass is 367 g/mol. The Morgan fingerprint density at radius 3 is 2.73 bits per heavy atom. The minimum absolute atomic E-state index is 0.281. The number of rotatable bonds is 4. The Labute approximate surface area is 154 Å². The number of hydrogen-bond acceptors (Lipinski definition) is 5. The summed E-state index contributed by atoms with van der Waals surface area (Å²) in [5.41, 5.74) is 2.74. The molecule has 0 aliphatic carbocycles. The predicted molar refractivity (Wildman–Crippen MR) is 101 cm³/mol. The molecule has 0 fully saturated rings.